The van der Waals surface area contributed by atoms with E-state index in [1.54, 1.807) is 40.0 Å². The number of hydrogen-bond donors (Lipinski definition) is 2. The largest absolute Gasteiger partial charge is 0.496 e. The monoisotopic (exact) mass is 579 g/mol. The lowest BCUT2D eigenvalue weighted by Crippen LogP contribution is -2.53. The number of aliphatic imine (C=N–C) groups is 1. The third-order valence-electron chi connectivity index (χ3n) is 6.93. The summed E-state index contributed by atoms with van der Waals surface area (Å²) in [6, 6.07) is 12.3. The number of nitrogens with one attached hydrogen (secondary N) is 2. The molecule has 2 heterocycles. The maximum absolute atomic E-state index is 14.1. The molecule has 41 heavy (non-hydrogen) atoms. The van der Waals surface area contributed by atoms with Crippen LogP contribution in [0.4, 0.5) is 5.69 Å². The van der Waals surface area contributed by atoms with Crippen molar-refractivity contribution < 1.29 is 14.3 Å². The van der Waals surface area contributed by atoms with Gasteiger partial charge >= 0.3 is 0 Å². The number of halogens is 1. The number of carbonyl (C=O) groups excluding carboxylic acids is 2. The fraction of sp³-hybridized carbons (Fsp3) is 0.400. The van der Waals surface area contributed by atoms with Crippen molar-refractivity contribution in [3.63, 3.8) is 0 Å². The van der Waals surface area contributed by atoms with Gasteiger partial charge in [0, 0.05) is 43.6 Å². The molecule has 0 spiro atoms. The van der Waals surface area contributed by atoms with Gasteiger partial charge in [-0.15, -0.1) is 0 Å². The molecule has 0 radical (unpaired) electrons. The smallest absolute Gasteiger partial charge is 0.247 e. The fourth-order valence-electron chi connectivity index (χ4n) is 5.01. The van der Waals surface area contributed by atoms with Gasteiger partial charge in [0.25, 0.3) is 0 Å². The van der Waals surface area contributed by atoms with Crippen molar-refractivity contribution in [2.24, 2.45) is 18.0 Å². The highest BCUT2D eigenvalue weighted by Gasteiger charge is 2.36. The number of methoxy groups -OCH3 is 1. The SMILES string of the molecule is CCC[C@H](C(=O)Nc1cccc(-c2cnn(C)c2)c1)N1CC(NN(C)C)=NC[C@@H](Cc2cc(Cl)ccc2OC)C1=O. The van der Waals surface area contributed by atoms with Crippen LogP contribution in [0, 0.1) is 5.92 Å². The summed E-state index contributed by atoms with van der Waals surface area (Å²) in [6.45, 7) is 2.47. The van der Waals surface area contributed by atoms with Gasteiger partial charge in [-0.3, -0.25) is 19.3 Å². The Balaban J connectivity index is 1.62. The molecule has 2 amide bonds. The number of anilines is 1. The molecule has 0 aliphatic carbocycles. The minimum Gasteiger partial charge on any atom is -0.496 e. The van der Waals surface area contributed by atoms with Crippen LogP contribution >= 0.6 is 11.6 Å². The van der Waals surface area contributed by atoms with Crippen molar-refractivity contribution in [3.05, 3.63) is 65.4 Å². The average molecular weight is 580 g/mol. The van der Waals surface area contributed by atoms with Crippen molar-refractivity contribution in [2.45, 2.75) is 32.2 Å². The second kappa shape index (κ2) is 13.6. The first-order valence-corrected chi connectivity index (χ1v) is 14.1. The number of rotatable bonds is 10. The maximum Gasteiger partial charge on any atom is 0.247 e. The summed E-state index contributed by atoms with van der Waals surface area (Å²) in [5, 5.41) is 9.65. The zero-order valence-corrected chi connectivity index (χ0v) is 25.0. The van der Waals surface area contributed by atoms with Gasteiger partial charge in [-0.05, 0) is 54.3 Å². The molecule has 3 aromatic rings. The first kappa shape index (κ1) is 30.1. The lowest BCUT2D eigenvalue weighted by atomic mass is 9.96. The van der Waals surface area contributed by atoms with Crippen LogP contribution in [0.25, 0.3) is 11.1 Å². The number of hydrogen-bond acceptors (Lipinski definition) is 7. The van der Waals surface area contributed by atoms with Gasteiger partial charge in [0.15, 0.2) is 0 Å². The molecule has 0 bridgehead atoms. The number of amides is 2. The Hall–Kier alpha value is -3.89. The molecular weight excluding hydrogens is 542 g/mol. The van der Waals surface area contributed by atoms with Crippen molar-refractivity contribution in [2.75, 3.05) is 39.6 Å². The van der Waals surface area contributed by atoms with Crippen LogP contribution in [-0.2, 0) is 23.1 Å². The molecule has 11 heteroatoms. The zero-order chi connectivity index (χ0) is 29.5. The molecule has 1 aliphatic rings. The first-order chi connectivity index (χ1) is 19.7. The molecule has 2 atom stereocenters. The summed E-state index contributed by atoms with van der Waals surface area (Å²) < 4.78 is 7.27. The minimum atomic E-state index is -0.689. The van der Waals surface area contributed by atoms with Crippen LogP contribution in [0.5, 0.6) is 5.75 Å². The standard InChI is InChI=1S/C30H38ClN7O3/c1-6-8-26(29(39)34-25-10-7-9-20(15-25)23-17-33-37(4)18-23)38-19-28(35-36(2)3)32-16-22(30(38)40)13-21-14-24(31)11-12-27(21)41-5/h7,9-12,14-15,17-18,22,26H,6,8,13,16,19H2,1-5H3,(H,32,35)(H,34,39)/t22-,26-/m1/s1. The van der Waals surface area contributed by atoms with Crippen molar-refractivity contribution in [1.29, 1.82) is 0 Å². The first-order valence-electron chi connectivity index (χ1n) is 13.7. The fourth-order valence-corrected chi connectivity index (χ4v) is 5.21. The second-order valence-electron chi connectivity index (χ2n) is 10.4. The number of amidine groups is 1. The highest BCUT2D eigenvalue weighted by molar-refractivity contribution is 6.30. The van der Waals surface area contributed by atoms with Gasteiger partial charge in [0.05, 0.1) is 32.3 Å². The van der Waals surface area contributed by atoms with Crippen molar-refractivity contribution in [1.82, 2.24) is 25.1 Å². The van der Waals surface area contributed by atoms with Gasteiger partial charge in [-0.2, -0.15) is 5.10 Å². The summed E-state index contributed by atoms with van der Waals surface area (Å²) in [5.74, 6) is 0.406. The molecule has 1 aliphatic heterocycles. The van der Waals surface area contributed by atoms with Crippen LogP contribution in [0.2, 0.25) is 5.02 Å². The molecule has 0 fully saturated rings. The number of aromatic nitrogens is 2. The van der Waals surface area contributed by atoms with E-state index in [1.807, 2.05) is 64.6 Å². The molecule has 218 valence electrons. The third-order valence-corrected chi connectivity index (χ3v) is 7.16. The zero-order valence-electron chi connectivity index (χ0n) is 24.2. The number of carbonyl (C=O) groups is 2. The van der Waals surface area contributed by atoms with Crippen LogP contribution in [0.1, 0.15) is 25.3 Å². The molecule has 1 aromatic heterocycles. The van der Waals surface area contributed by atoms with Crippen molar-refractivity contribution in [3.8, 4) is 16.9 Å². The normalized spacial score (nSPS) is 16.3. The quantitative estimate of drug-likeness (QED) is 0.352. The second-order valence-corrected chi connectivity index (χ2v) is 10.8. The Morgan fingerprint density at radius 2 is 2.02 bits per heavy atom. The van der Waals surface area contributed by atoms with Gasteiger partial charge in [0.1, 0.15) is 17.6 Å². The van der Waals surface area contributed by atoms with Crippen molar-refractivity contribution >= 4 is 34.9 Å². The van der Waals surface area contributed by atoms with E-state index in [0.29, 0.717) is 35.1 Å². The van der Waals surface area contributed by atoms with E-state index in [1.165, 1.54) is 0 Å². The Kier molecular flexibility index (Phi) is 10.0. The Bertz CT molecular complexity index is 1400. The summed E-state index contributed by atoms with van der Waals surface area (Å²) >= 11 is 6.28. The summed E-state index contributed by atoms with van der Waals surface area (Å²) in [5.41, 5.74) is 6.57. The lowest BCUT2D eigenvalue weighted by molar-refractivity contribution is -0.141. The van der Waals surface area contributed by atoms with E-state index in [2.05, 4.69) is 15.8 Å². The number of nitrogens with zero attached hydrogens (tertiary/aromatic N) is 5. The number of benzene rings is 2. The minimum absolute atomic E-state index is 0.135. The lowest BCUT2D eigenvalue weighted by Gasteiger charge is -2.32. The van der Waals surface area contributed by atoms with Gasteiger partial charge in [-0.1, -0.05) is 37.1 Å². The number of ether oxygens (including phenoxy) is 1. The van der Waals surface area contributed by atoms with Gasteiger partial charge in [-0.25, -0.2) is 5.01 Å². The Morgan fingerprint density at radius 1 is 1.22 bits per heavy atom. The molecule has 2 N–H and O–H groups in total. The highest BCUT2D eigenvalue weighted by Crippen LogP contribution is 2.28. The van der Waals surface area contributed by atoms with E-state index in [9.17, 15) is 9.59 Å². The van der Waals surface area contributed by atoms with Crippen LogP contribution < -0.4 is 15.5 Å². The van der Waals surface area contributed by atoms with Crippen LogP contribution in [0.15, 0.2) is 59.9 Å². The van der Waals surface area contributed by atoms with E-state index in [0.717, 1.165) is 23.1 Å². The third kappa shape index (κ3) is 7.65. The molecule has 0 unspecified atom stereocenters. The van der Waals surface area contributed by atoms with E-state index < -0.39 is 12.0 Å². The summed E-state index contributed by atoms with van der Waals surface area (Å²) in [7, 11) is 7.18. The number of aryl methyl sites for hydroxylation is 1. The van der Waals surface area contributed by atoms with Gasteiger partial charge < -0.3 is 20.4 Å². The highest BCUT2D eigenvalue weighted by atomic mass is 35.5. The van der Waals surface area contributed by atoms with E-state index >= 15 is 0 Å². The predicted octanol–water partition coefficient (Wildman–Crippen LogP) is 4.02. The molecule has 0 saturated heterocycles. The van der Waals surface area contributed by atoms with E-state index in [-0.39, 0.29) is 24.9 Å². The summed E-state index contributed by atoms with van der Waals surface area (Å²) in [6.07, 6.45) is 5.31. The number of hydrazine groups is 1. The Morgan fingerprint density at radius 3 is 2.71 bits per heavy atom. The van der Waals surface area contributed by atoms with E-state index in [4.69, 9.17) is 21.3 Å². The predicted molar refractivity (Wildman–Crippen MR) is 162 cm³/mol. The molecule has 0 saturated carbocycles. The maximum atomic E-state index is 14.1. The van der Waals surface area contributed by atoms with Crippen LogP contribution in [-0.4, -0.2) is 77.7 Å². The molecule has 4 rings (SSSR count). The van der Waals surface area contributed by atoms with Gasteiger partial charge in [0.2, 0.25) is 11.8 Å². The molecule has 2 aromatic carbocycles. The Labute approximate surface area is 246 Å². The average Bonchev–Trinajstić information content (AvgIpc) is 3.32. The van der Waals surface area contributed by atoms with Crippen LogP contribution in [0.3, 0.4) is 0 Å². The molecular formula is C30H38ClN7O3. The summed E-state index contributed by atoms with van der Waals surface area (Å²) in [4.78, 5) is 34.4. The topological polar surface area (TPSA) is 104 Å². The molecule has 10 nitrogen and oxygen atoms in total.